The quantitative estimate of drug-likeness (QED) is 0.841. The van der Waals surface area contributed by atoms with Gasteiger partial charge in [0.1, 0.15) is 0 Å². The number of benzene rings is 1. The minimum atomic E-state index is -4.23. The first-order valence-corrected chi connectivity index (χ1v) is 5.46. The number of nitrogen functional groups attached to an aromatic ring is 1. The summed E-state index contributed by atoms with van der Waals surface area (Å²) < 4.78 is 41.3. The molecule has 8 heteroatoms. The maximum atomic E-state index is 12.2. The van der Waals surface area contributed by atoms with Gasteiger partial charge in [-0.3, -0.25) is 4.98 Å². The fourth-order valence-electron chi connectivity index (χ4n) is 1.75. The second-order valence-corrected chi connectivity index (χ2v) is 4.21. The lowest BCUT2D eigenvalue weighted by Gasteiger charge is -2.21. The predicted molar refractivity (Wildman–Crippen MR) is 65.2 cm³/mol. The number of nitrogens with one attached hydrogen (secondary N) is 1. The number of oxazole rings is 1. The summed E-state index contributed by atoms with van der Waals surface area (Å²) >= 11 is 0. The summed E-state index contributed by atoms with van der Waals surface area (Å²) in [5, 5.41) is 0. The summed E-state index contributed by atoms with van der Waals surface area (Å²) in [4.78, 5) is 14.8. The molecule has 19 heavy (non-hydrogen) atoms. The second-order valence-electron chi connectivity index (χ2n) is 4.21. The first-order valence-electron chi connectivity index (χ1n) is 5.46. The van der Waals surface area contributed by atoms with Crippen LogP contribution >= 0.6 is 0 Å². The van der Waals surface area contributed by atoms with Crippen LogP contribution in [-0.2, 0) is 0 Å². The Kier molecular flexibility index (Phi) is 3.17. The molecule has 0 aliphatic heterocycles. The minimum Gasteiger partial charge on any atom is -0.408 e. The van der Waals surface area contributed by atoms with Crippen molar-refractivity contribution in [3.8, 4) is 0 Å². The zero-order valence-corrected chi connectivity index (χ0v) is 10.0. The SMILES string of the molecule is CN(CCC(F)(F)F)c1cc2[nH]c(=O)oc2cc1N. The minimum absolute atomic E-state index is 0.221. The molecule has 5 nitrogen and oxygen atoms in total. The Hall–Kier alpha value is -2.12. The number of hydrogen-bond donors (Lipinski definition) is 2. The van der Waals surface area contributed by atoms with E-state index in [1.807, 2.05) is 0 Å². The van der Waals surface area contributed by atoms with Gasteiger partial charge in [0, 0.05) is 19.7 Å². The third-order valence-corrected chi connectivity index (χ3v) is 2.71. The molecule has 0 saturated heterocycles. The van der Waals surface area contributed by atoms with Crippen LogP contribution in [0.4, 0.5) is 24.5 Å². The highest BCUT2D eigenvalue weighted by molar-refractivity contribution is 5.85. The van der Waals surface area contributed by atoms with E-state index in [4.69, 9.17) is 10.2 Å². The van der Waals surface area contributed by atoms with Crippen LogP contribution in [0.5, 0.6) is 0 Å². The van der Waals surface area contributed by atoms with Crippen molar-refractivity contribution < 1.29 is 17.6 Å². The monoisotopic (exact) mass is 275 g/mol. The molecule has 0 amide bonds. The summed E-state index contributed by atoms with van der Waals surface area (Å²) in [5.74, 6) is -0.635. The summed E-state index contributed by atoms with van der Waals surface area (Å²) in [7, 11) is 1.50. The van der Waals surface area contributed by atoms with Crippen LogP contribution in [0.25, 0.3) is 11.1 Å². The van der Waals surface area contributed by atoms with Crippen LogP contribution in [0.15, 0.2) is 21.3 Å². The number of aromatic amines is 1. The van der Waals surface area contributed by atoms with E-state index in [-0.39, 0.29) is 17.8 Å². The van der Waals surface area contributed by atoms with Crippen LogP contribution in [-0.4, -0.2) is 24.8 Å². The Morgan fingerprint density at radius 1 is 1.42 bits per heavy atom. The van der Waals surface area contributed by atoms with Crippen molar-refractivity contribution in [2.75, 3.05) is 24.2 Å². The average molecular weight is 275 g/mol. The van der Waals surface area contributed by atoms with E-state index < -0.39 is 18.4 Å². The molecule has 0 aliphatic rings. The maximum absolute atomic E-state index is 12.2. The van der Waals surface area contributed by atoms with Crippen molar-refractivity contribution in [1.29, 1.82) is 0 Å². The molecular formula is C11H12F3N3O2. The molecule has 2 rings (SSSR count). The van der Waals surface area contributed by atoms with Crippen LogP contribution < -0.4 is 16.4 Å². The molecule has 0 bridgehead atoms. The molecule has 3 N–H and O–H groups in total. The van der Waals surface area contributed by atoms with Gasteiger partial charge in [-0.2, -0.15) is 13.2 Å². The van der Waals surface area contributed by atoms with Crippen LogP contribution in [0.1, 0.15) is 6.42 Å². The standard InChI is InChI=1S/C11H12F3N3O2/c1-17(3-2-11(12,13)14)8-5-7-9(4-6(8)15)19-10(18)16-7/h4-5H,2-3,15H2,1H3,(H,16,18). The average Bonchev–Trinajstić information content (AvgIpc) is 2.63. The molecule has 1 aromatic carbocycles. The van der Waals surface area contributed by atoms with Crippen LogP contribution in [0, 0.1) is 0 Å². The Bertz CT molecular complexity index is 645. The third kappa shape index (κ3) is 3.01. The van der Waals surface area contributed by atoms with E-state index in [2.05, 4.69) is 4.98 Å². The molecule has 0 unspecified atom stereocenters. The number of nitrogens with two attached hydrogens (primary N) is 1. The summed E-state index contributed by atoms with van der Waals surface area (Å²) in [6, 6.07) is 2.90. The van der Waals surface area contributed by atoms with Gasteiger partial charge in [0.2, 0.25) is 0 Å². The Labute approximate surface area is 105 Å². The van der Waals surface area contributed by atoms with Crippen molar-refractivity contribution in [1.82, 2.24) is 4.98 Å². The summed E-state index contributed by atoms with van der Waals surface area (Å²) in [6.45, 7) is -0.221. The third-order valence-electron chi connectivity index (χ3n) is 2.71. The van der Waals surface area contributed by atoms with E-state index in [0.29, 0.717) is 11.2 Å². The summed E-state index contributed by atoms with van der Waals surface area (Å²) in [6.07, 6.45) is -5.17. The molecule has 1 heterocycles. The molecule has 104 valence electrons. The van der Waals surface area contributed by atoms with Gasteiger partial charge in [-0.15, -0.1) is 0 Å². The van der Waals surface area contributed by atoms with Crippen LogP contribution in [0.3, 0.4) is 0 Å². The van der Waals surface area contributed by atoms with E-state index >= 15 is 0 Å². The molecular weight excluding hydrogens is 263 g/mol. The van der Waals surface area contributed by atoms with E-state index in [1.54, 1.807) is 0 Å². The molecule has 1 aromatic heterocycles. The number of aromatic nitrogens is 1. The highest BCUT2D eigenvalue weighted by Crippen LogP contribution is 2.28. The number of rotatable bonds is 3. The Morgan fingerprint density at radius 3 is 2.74 bits per heavy atom. The number of H-pyrrole nitrogens is 1. The van der Waals surface area contributed by atoms with Gasteiger partial charge in [0.25, 0.3) is 0 Å². The van der Waals surface area contributed by atoms with Crippen molar-refractivity contribution >= 4 is 22.5 Å². The molecule has 0 spiro atoms. The number of nitrogens with zero attached hydrogens (tertiary/aromatic N) is 1. The zero-order valence-electron chi connectivity index (χ0n) is 10.0. The number of alkyl halides is 3. The lowest BCUT2D eigenvalue weighted by Crippen LogP contribution is -2.24. The molecule has 0 atom stereocenters. The number of anilines is 2. The first kappa shape index (κ1) is 13.3. The molecule has 0 saturated carbocycles. The van der Waals surface area contributed by atoms with Gasteiger partial charge in [-0.1, -0.05) is 0 Å². The topological polar surface area (TPSA) is 75.3 Å². The van der Waals surface area contributed by atoms with Gasteiger partial charge >= 0.3 is 11.9 Å². The molecule has 0 radical (unpaired) electrons. The second kappa shape index (κ2) is 4.52. The van der Waals surface area contributed by atoms with Crippen molar-refractivity contribution in [3.05, 3.63) is 22.7 Å². The molecule has 0 fully saturated rings. The van der Waals surface area contributed by atoms with Gasteiger partial charge in [0.05, 0.1) is 23.3 Å². The van der Waals surface area contributed by atoms with Crippen molar-refractivity contribution in [2.24, 2.45) is 0 Å². The van der Waals surface area contributed by atoms with Crippen molar-refractivity contribution in [3.63, 3.8) is 0 Å². The summed E-state index contributed by atoms with van der Waals surface area (Å²) in [5.41, 5.74) is 7.07. The lowest BCUT2D eigenvalue weighted by molar-refractivity contribution is -0.132. The van der Waals surface area contributed by atoms with E-state index in [1.165, 1.54) is 24.1 Å². The highest BCUT2D eigenvalue weighted by atomic mass is 19.4. The largest absolute Gasteiger partial charge is 0.417 e. The smallest absolute Gasteiger partial charge is 0.408 e. The first-order chi connectivity index (χ1) is 8.76. The fourth-order valence-corrected chi connectivity index (χ4v) is 1.75. The van der Waals surface area contributed by atoms with Gasteiger partial charge in [0.15, 0.2) is 5.58 Å². The molecule has 2 aromatic rings. The number of halogens is 3. The number of fused-ring (bicyclic) bond motifs is 1. The van der Waals surface area contributed by atoms with Crippen LogP contribution in [0.2, 0.25) is 0 Å². The maximum Gasteiger partial charge on any atom is 0.417 e. The van der Waals surface area contributed by atoms with Gasteiger partial charge in [-0.05, 0) is 6.07 Å². The van der Waals surface area contributed by atoms with Gasteiger partial charge in [-0.25, -0.2) is 4.79 Å². The molecule has 0 aliphatic carbocycles. The normalized spacial score (nSPS) is 12.0. The zero-order chi connectivity index (χ0) is 14.2. The van der Waals surface area contributed by atoms with E-state index in [9.17, 15) is 18.0 Å². The highest BCUT2D eigenvalue weighted by Gasteiger charge is 2.27. The Balaban J connectivity index is 2.28. The van der Waals surface area contributed by atoms with Gasteiger partial charge < -0.3 is 15.1 Å². The number of hydrogen-bond acceptors (Lipinski definition) is 4. The van der Waals surface area contributed by atoms with E-state index in [0.717, 1.165) is 0 Å². The lowest BCUT2D eigenvalue weighted by atomic mass is 10.2. The Morgan fingerprint density at radius 2 is 2.11 bits per heavy atom. The van der Waals surface area contributed by atoms with Crippen molar-refractivity contribution in [2.45, 2.75) is 12.6 Å². The fraction of sp³-hybridized carbons (Fsp3) is 0.364. The predicted octanol–water partition coefficient (Wildman–Crippen LogP) is 2.09.